The number of nitrogens with zero attached hydrogens (tertiary/aromatic N) is 3. The highest BCUT2D eigenvalue weighted by Gasteiger charge is 2.28. The van der Waals surface area contributed by atoms with Crippen LogP contribution in [0.3, 0.4) is 0 Å². The van der Waals surface area contributed by atoms with E-state index in [1.165, 1.54) is 39.1 Å². The van der Waals surface area contributed by atoms with Crippen LogP contribution in [0.25, 0.3) is 22.4 Å². The fraction of sp³-hybridized carbons (Fsp3) is 0.129. The molecule has 0 N–H and O–H groups in total. The summed E-state index contributed by atoms with van der Waals surface area (Å²) in [6, 6.07) is 25.5. The van der Waals surface area contributed by atoms with Gasteiger partial charge in [0.1, 0.15) is 0 Å². The van der Waals surface area contributed by atoms with Crippen LogP contribution in [0.1, 0.15) is 28.7 Å². The molecule has 2 aliphatic rings. The summed E-state index contributed by atoms with van der Waals surface area (Å²) in [4.78, 5) is 0. The quantitative estimate of drug-likeness (QED) is 0.394. The first-order valence-electron chi connectivity index (χ1n) is 11.8. The van der Waals surface area contributed by atoms with Crippen molar-refractivity contribution in [1.29, 1.82) is 5.26 Å². The lowest BCUT2D eigenvalue weighted by Crippen LogP contribution is -2.33. The van der Waals surface area contributed by atoms with Crippen molar-refractivity contribution in [3.05, 3.63) is 132 Å². The van der Waals surface area contributed by atoms with E-state index in [-0.39, 0.29) is 0 Å². The lowest BCUT2D eigenvalue weighted by Gasteiger charge is -2.12. The molecule has 0 saturated carbocycles. The Balaban J connectivity index is 1.18. The second kappa shape index (κ2) is 8.57. The third kappa shape index (κ3) is 3.84. The molecule has 1 unspecified atom stereocenters. The number of aromatic nitrogens is 2. The van der Waals surface area contributed by atoms with E-state index in [1.54, 1.807) is 0 Å². The molecule has 2 aromatic heterocycles. The van der Waals surface area contributed by atoms with E-state index in [1.807, 2.05) is 24.3 Å². The summed E-state index contributed by atoms with van der Waals surface area (Å²) in [6.07, 6.45) is 17.6. The van der Waals surface area contributed by atoms with Gasteiger partial charge in [0, 0.05) is 42.0 Å². The summed E-state index contributed by atoms with van der Waals surface area (Å²) in [6.45, 7) is 0.785. The maximum atomic E-state index is 8.95. The molecule has 0 spiro atoms. The van der Waals surface area contributed by atoms with Crippen molar-refractivity contribution >= 4 is 5.57 Å². The van der Waals surface area contributed by atoms with E-state index in [0.717, 1.165) is 19.4 Å². The predicted molar refractivity (Wildman–Crippen MR) is 133 cm³/mol. The molecule has 2 aromatic carbocycles. The Kier molecular flexibility index (Phi) is 5.13. The van der Waals surface area contributed by atoms with E-state index < -0.39 is 0 Å². The molecule has 0 aliphatic heterocycles. The number of hydrogen-bond donors (Lipinski definition) is 0. The van der Waals surface area contributed by atoms with E-state index in [9.17, 15) is 0 Å². The van der Waals surface area contributed by atoms with E-state index in [4.69, 9.17) is 5.26 Å². The maximum absolute atomic E-state index is 8.95. The fourth-order valence-electron chi connectivity index (χ4n) is 5.08. The van der Waals surface area contributed by atoms with Crippen molar-refractivity contribution in [2.24, 2.45) is 5.92 Å². The summed E-state index contributed by atoms with van der Waals surface area (Å²) >= 11 is 0. The van der Waals surface area contributed by atoms with E-state index in [2.05, 4.69) is 101 Å². The number of benzene rings is 2. The fourth-order valence-corrected chi connectivity index (χ4v) is 5.08. The molecule has 6 rings (SSSR count). The Morgan fingerprint density at radius 1 is 0.853 bits per heavy atom. The summed E-state index contributed by atoms with van der Waals surface area (Å²) < 4.78 is 4.35. The van der Waals surface area contributed by atoms with Gasteiger partial charge >= 0.3 is 0 Å². The predicted octanol–water partition coefficient (Wildman–Crippen LogP) is 5.35. The highest BCUT2D eigenvalue weighted by molar-refractivity contribution is 5.77. The molecular weight excluding hydrogens is 414 g/mol. The monoisotopic (exact) mass is 439 g/mol. The Morgan fingerprint density at radius 2 is 1.59 bits per heavy atom. The maximum Gasteiger partial charge on any atom is 0.210 e. The Labute approximate surface area is 200 Å². The third-order valence-electron chi connectivity index (χ3n) is 6.94. The molecule has 162 valence electrons. The Bertz CT molecular complexity index is 1450. The largest absolute Gasteiger partial charge is 0.210 e. The summed E-state index contributed by atoms with van der Waals surface area (Å²) in [7, 11) is 0. The number of pyridine rings is 2. The number of fused-ring (bicyclic) bond motifs is 3. The number of nitriles is 1. The van der Waals surface area contributed by atoms with Gasteiger partial charge in [-0.05, 0) is 64.8 Å². The average Bonchev–Trinajstić information content (AvgIpc) is 3.28. The number of rotatable bonds is 4. The average molecular weight is 440 g/mol. The van der Waals surface area contributed by atoms with Crippen molar-refractivity contribution in [1.82, 2.24) is 0 Å². The van der Waals surface area contributed by atoms with Gasteiger partial charge in [-0.2, -0.15) is 9.83 Å². The molecule has 2 heterocycles. The molecule has 34 heavy (non-hydrogen) atoms. The van der Waals surface area contributed by atoms with Crippen molar-refractivity contribution < 1.29 is 9.13 Å². The van der Waals surface area contributed by atoms with Gasteiger partial charge < -0.3 is 0 Å². The van der Waals surface area contributed by atoms with Crippen molar-refractivity contribution in [3.8, 4) is 22.9 Å². The first-order valence-corrected chi connectivity index (χ1v) is 11.8. The van der Waals surface area contributed by atoms with Crippen LogP contribution in [0.2, 0.25) is 0 Å². The van der Waals surface area contributed by atoms with E-state index in [0.29, 0.717) is 11.5 Å². The normalized spacial score (nSPS) is 15.9. The molecular formula is C31H25N3+2. The Morgan fingerprint density at radius 3 is 2.32 bits per heavy atom. The van der Waals surface area contributed by atoms with Gasteiger partial charge in [-0.1, -0.05) is 30.4 Å². The third-order valence-corrected chi connectivity index (χ3v) is 6.94. The molecule has 3 nitrogen and oxygen atoms in total. The van der Waals surface area contributed by atoms with Gasteiger partial charge in [-0.15, -0.1) is 0 Å². The van der Waals surface area contributed by atoms with Gasteiger partial charge in [-0.25, -0.2) is 4.57 Å². The van der Waals surface area contributed by atoms with Gasteiger partial charge in [0.25, 0.3) is 0 Å². The first-order chi connectivity index (χ1) is 16.8. The second-order valence-corrected chi connectivity index (χ2v) is 9.09. The zero-order valence-electron chi connectivity index (χ0n) is 18.9. The van der Waals surface area contributed by atoms with Crippen LogP contribution in [0.15, 0.2) is 110 Å². The van der Waals surface area contributed by atoms with Crippen LogP contribution in [-0.4, -0.2) is 0 Å². The van der Waals surface area contributed by atoms with Crippen LogP contribution in [-0.2, 0) is 13.0 Å². The minimum Gasteiger partial charge on any atom is -0.201 e. The van der Waals surface area contributed by atoms with Crippen molar-refractivity contribution in [3.63, 3.8) is 0 Å². The van der Waals surface area contributed by atoms with Crippen LogP contribution in [0.5, 0.6) is 0 Å². The first kappa shape index (κ1) is 20.3. The highest BCUT2D eigenvalue weighted by Crippen LogP contribution is 2.41. The molecule has 3 heteroatoms. The molecule has 4 aromatic rings. The molecule has 0 fully saturated rings. The number of hydrogen-bond acceptors (Lipinski definition) is 1. The topological polar surface area (TPSA) is 31.5 Å². The summed E-state index contributed by atoms with van der Waals surface area (Å²) in [5.74, 6) is 0.653. The van der Waals surface area contributed by atoms with Crippen molar-refractivity contribution in [2.45, 2.75) is 19.4 Å². The molecule has 1 atom stereocenters. The van der Waals surface area contributed by atoms with Crippen LogP contribution >= 0.6 is 0 Å². The zero-order valence-corrected chi connectivity index (χ0v) is 18.9. The molecule has 0 radical (unpaired) electrons. The van der Waals surface area contributed by atoms with Gasteiger partial charge in [0.05, 0.1) is 11.6 Å². The molecule has 0 saturated heterocycles. The molecule has 2 aliphatic carbocycles. The highest BCUT2D eigenvalue weighted by atomic mass is 14.9. The SMILES string of the molecule is N#Cc1ccc(C[n+]2ccc(-c3cc[n+](-c4ccc5c(c4)CC4CC=CC=C54)cc3)cc2)cc1. The summed E-state index contributed by atoms with van der Waals surface area (Å²) in [5, 5.41) is 8.95. The van der Waals surface area contributed by atoms with Gasteiger partial charge in [0.2, 0.25) is 5.69 Å². The van der Waals surface area contributed by atoms with Crippen LogP contribution in [0, 0.1) is 17.2 Å². The van der Waals surface area contributed by atoms with Crippen molar-refractivity contribution in [2.75, 3.05) is 0 Å². The summed E-state index contributed by atoms with van der Waals surface area (Å²) in [5.41, 5.74) is 9.87. The van der Waals surface area contributed by atoms with E-state index >= 15 is 0 Å². The lowest BCUT2D eigenvalue weighted by atomic mass is 9.92. The minimum absolute atomic E-state index is 0.653. The Hall–Kier alpha value is -4.29. The van der Waals surface area contributed by atoms with Crippen LogP contribution in [0.4, 0.5) is 0 Å². The molecule has 0 bridgehead atoms. The number of allylic oxidation sites excluding steroid dienone is 4. The standard InChI is InChI=1S/C31H25N3/c32-21-23-5-7-24(8-6-23)22-33-15-11-25(12-16-33)26-13-17-34(18-14-26)29-9-10-31-28(20-29)19-27-3-1-2-4-30(27)31/h1-2,4-18,20,27H,3,19,22H2/q+2. The van der Waals surface area contributed by atoms with Gasteiger partial charge in [-0.3, -0.25) is 0 Å². The van der Waals surface area contributed by atoms with Crippen LogP contribution < -0.4 is 9.13 Å². The lowest BCUT2D eigenvalue weighted by molar-refractivity contribution is -0.688. The zero-order chi connectivity index (χ0) is 22.9. The smallest absolute Gasteiger partial charge is 0.201 e. The second-order valence-electron chi connectivity index (χ2n) is 9.09. The minimum atomic E-state index is 0.653. The van der Waals surface area contributed by atoms with Gasteiger partial charge in [0.15, 0.2) is 31.3 Å². The molecule has 0 amide bonds.